The van der Waals surface area contributed by atoms with Gasteiger partial charge < -0.3 is 9.64 Å². The number of hydrogen-bond donors (Lipinski definition) is 0. The summed E-state index contributed by atoms with van der Waals surface area (Å²) in [6, 6.07) is 17.3. The van der Waals surface area contributed by atoms with Gasteiger partial charge in [0.05, 0.1) is 18.2 Å². The van der Waals surface area contributed by atoms with Crippen molar-refractivity contribution in [1.29, 1.82) is 5.26 Å². The topological polar surface area (TPSA) is 53.3 Å². The van der Waals surface area contributed by atoms with Gasteiger partial charge in [-0.1, -0.05) is 36.4 Å². The Hall–Kier alpha value is -3.06. The molecule has 0 unspecified atom stereocenters. The molecule has 2 aromatic carbocycles. The second-order valence-corrected chi connectivity index (χ2v) is 6.09. The van der Waals surface area contributed by atoms with Crippen molar-refractivity contribution < 1.29 is 9.53 Å². The molecule has 0 saturated carbocycles. The highest BCUT2D eigenvalue weighted by atomic mass is 16.5. The molecule has 0 heterocycles. The summed E-state index contributed by atoms with van der Waals surface area (Å²) in [6.07, 6.45) is 2.78. The molecular formula is C22H24N2O2. The van der Waals surface area contributed by atoms with Gasteiger partial charge in [-0.3, -0.25) is 4.79 Å². The lowest BCUT2D eigenvalue weighted by Gasteiger charge is -2.21. The third-order valence-corrected chi connectivity index (χ3v) is 4.02. The number of rotatable bonds is 9. The molecule has 0 aliphatic rings. The fraction of sp³-hybridized carbons (Fsp3) is 0.273. The van der Waals surface area contributed by atoms with Gasteiger partial charge in [0, 0.05) is 19.5 Å². The number of carbonyl (C=O) groups excluding carboxylic acids is 1. The summed E-state index contributed by atoms with van der Waals surface area (Å²) < 4.78 is 5.75. The van der Waals surface area contributed by atoms with E-state index in [9.17, 15) is 4.79 Å². The number of nitrogens with zero attached hydrogens (tertiary/aromatic N) is 2. The van der Waals surface area contributed by atoms with Gasteiger partial charge >= 0.3 is 0 Å². The Morgan fingerprint density at radius 1 is 1.27 bits per heavy atom. The van der Waals surface area contributed by atoms with Gasteiger partial charge in [-0.2, -0.15) is 5.26 Å². The third kappa shape index (κ3) is 5.78. The van der Waals surface area contributed by atoms with Crippen molar-refractivity contribution in [3.63, 3.8) is 0 Å². The highest BCUT2D eigenvalue weighted by Gasteiger charge is 2.13. The molecule has 4 nitrogen and oxygen atoms in total. The van der Waals surface area contributed by atoms with Crippen LogP contribution in [0.1, 0.15) is 29.5 Å². The van der Waals surface area contributed by atoms with Crippen LogP contribution in [0, 0.1) is 18.3 Å². The van der Waals surface area contributed by atoms with Crippen molar-refractivity contribution in [3.8, 4) is 11.8 Å². The molecule has 0 N–H and O–H groups in total. The van der Waals surface area contributed by atoms with Crippen LogP contribution in [0.15, 0.2) is 61.2 Å². The van der Waals surface area contributed by atoms with Crippen LogP contribution in [-0.2, 0) is 11.3 Å². The number of nitriles is 1. The Labute approximate surface area is 155 Å². The molecule has 2 aromatic rings. The predicted molar refractivity (Wildman–Crippen MR) is 103 cm³/mol. The molecule has 2 rings (SSSR count). The lowest BCUT2D eigenvalue weighted by atomic mass is 10.1. The second-order valence-electron chi connectivity index (χ2n) is 6.09. The van der Waals surface area contributed by atoms with Crippen LogP contribution >= 0.6 is 0 Å². The minimum Gasteiger partial charge on any atom is -0.493 e. The summed E-state index contributed by atoms with van der Waals surface area (Å²) in [6.45, 7) is 7.19. The van der Waals surface area contributed by atoms with Gasteiger partial charge in [-0.15, -0.1) is 6.58 Å². The van der Waals surface area contributed by atoms with Crippen molar-refractivity contribution in [2.24, 2.45) is 0 Å². The maximum atomic E-state index is 12.5. The molecule has 26 heavy (non-hydrogen) atoms. The van der Waals surface area contributed by atoms with Crippen LogP contribution in [0.25, 0.3) is 0 Å². The van der Waals surface area contributed by atoms with E-state index in [-0.39, 0.29) is 5.91 Å². The quantitative estimate of drug-likeness (QED) is 0.503. The molecule has 0 aromatic heterocycles. The molecule has 0 aliphatic carbocycles. The van der Waals surface area contributed by atoms with Crippen LogP contribution in [-0.4, -0.2) is 24.0 Å². The van der Waals surface area contributed by atoms with Crippen LogP contribution in [0.4, 0.5) is 0 Å². The molecule has 0 radical (unpaired) electrons. The first-order valence-corrected chi connectivity index (χ1v) is 8.70. The average Bonchev–Trinajstić information content (AvgIpc) is 2.66. The minimum absolute atomic E-state index is 0.0562. The Kier molecular flexibility index (Phi) is 7.45. The average molecular weight is 348 g/mol. The van der Waals surface area contributed by atoms with Gasteiger partial charge in [0.2, 0.25) is 5.91 Å². The Bertz CT molecular complexity index is 793. The molecule has 134 valence electrons. The number of aryl methyl sites for hydroxylation is 1. The molecule has 1 amide bonds. The van der Waals surface area contributed by atoms with Gasteiger partial charge in [0.1, 0.15) is 5.75 Å². The van der Waals surface area contributed by atoms with Crippen molar-refractivity contribution in [1.82, 2.24) is 4.90 Å². The first-order valence-electron chi connectivity index (χ1n) is 8.70. The molecule has 0 bridgehead atoms. The van der Waals surface area contributed by atoms with Crippen molar-refractivity contribution in [3.05, 3.63) is 77.9 Å². The van der Waals surface area contributed by atoms with Gasteiger partial charge in [0.15, 0.2) is 0 Å². The van der Waals surface area contributed by atoms with Crippen LogP contribution in [0.3, 0.4) is 0 Å². The zero-order valence-corrected chi connectivity index (χ0v) is 15.1. The van der Waals surface area contributed by atoms with E-state index >= 15 is 0 Å². The minimum atomic E-state index is 0.0562. The van der Waals surface area contributed by atoms with E-state index in [0.29, 0.717) is 38.1 Å². The Morgan fingerprint density at radius 2 is 2.08 bits per heavy atom. The summed E-state index contributed by atoms with van der Waals surface area (Å²) in [7, 11) is 0. The van der Waals surface area contributed by atoms with Crippen LogP contribution in [0.2, 0.25) is 0 Å². The first-order chi connectivity index (χ1) is 12.6. The summed E-state index contributed by atoms with van der Waals surface area (Å²) in [4.78, 5) is 14.3. The SMILES string of the molecule is C=CCN(Cc1cccc(C#N)c1)C(=O)CCCOc1ccccc1C. The zero-order chi connectivity index (χ0) is 18.8. The van der Waals surface area contributed by atoms with Crippen LogP contribution in [0.5, 0.6) is 5.75 Å². The molecule has 0 atom stereocenters. The first kappa shape index (κ1) is 19.3. The molecule has 4 heteroatoms. The zero-order valence-electron chi connectivity index (χ0n) is 15.1. The fourth-order valence-corrected chi connectivity index (χ4v) is 2.65. The Morgan fingerprint density at radius 3 is 2.81 bits per heavy atom. The lowest BCUT2D eigenvalue weighted by Crippen LogP contribution is -2.30. The molecule has 0 aliphatic heterocycles. The lowest BCUT2D eigenvalue weighted by molar-refractivity contribution is -0.131. The van der Waals surface area contributed by atoms with Gasteiger partial charge in [0.25, 0.3) is 0 Å². The Balaban J connectivity index is 1.86. The maximum absolute atomic E-state index is 12.5. The predicted octanol–water partition coefficient (Wildman–Crippen LogP) is 4.24. The fourth-order valence-electron chi connectivity index (χ4n) is 2.65. The normalized spacial score (nSPS) is 10.0. The van der Waals surface area contributed by atoms with Crippen molar-refractivity contribution >= 4 is 5.91 Å². The van der Waals surface area contributed by atoms with Gasteiger partial charge in [-0.25, -0.2) is 0 Å². The van der Waals surface area contributed by atoms with E-state index in [2.05, 4.69) is 12.6 Å². The number of hydrogen-bond acceptors (Lipinski definition) is 3. The number of benzene rings is 2. The standard InChI is InChI=1S/C22H24N2O2/c1-3-13-24(17-20-10-6-9-19(15-20)16-23)22(25)12-7-14-26-21-11-5-4-8-18(21)2/h3-6,8-11,15H,1,7,12-14,17H2,2H3. The van der Waals surface area contributed by atoms with E-state index in [4.69, 9.17) is 10.00 Å². The number of ether oxygens (including phenoxy) is 1. The largest absolute Gasteiger partial charge is 0.493 e. The summed E-state index contributed by atoms with van der Waals surface area (Å²) in [5.41, 5.74) is 2.63. The van der Waals surface area contributed by atoms with E-state index in [1.54, 1.807) is 17.0 Å². The molecule has 0 fully saturated rings. The summed E-state index contributed by atoms with van der Waals surface area (Å²) in [5, 5.41) is 9.00. The monoisotopic (exact) mass is 348 g/mol. The van der Waals surface area contributed by atoms with Crippen molar-refractivity contribution in [2.75, 3.05) is 13.2 Å². The van der Waals surface area contributed by atoms with E-state index in [1.165, 1.54) is 0 Å². The van der Waals surface area contributed by atoms with E-state index in [0.717, 1.165) is 16.9 Å². The molecular weight excluding hydrogens is 324 g/mol. The highest BCUT2D eigenvalue weighted by Crippen LogP contribution is 2.16. The number of carbonyl (C=O) groups is 1. The van der Waals surface area contributed by atoms with Crippen molar-refractivity contribution in [2.45, 2.75) is 26.3 Å². The molecule has 0 spiro atoms. The third-order valence-electron chi connectivity index (χ3n) is 4.02. The molecule has 0 saturated heterocycles. The smallest absolute Gasteiger partial charge is 0.223 e. The van der Waals surface area contributed by atoms with Crippen LogP contribution < -0.4 is 4.74 Å². The number of para-hydroxylation sites is 1. The highest BCUT2D eigenvalue weighted by molar-refractivity contribution is 5.76. The number of amides is 1. The van der Waals surface area contributed by atoms with Gasteiger partial charge in [-0.05, 0) is 42.7 Å². The van der Waals surface area contributed by atoms with E-state index < -0.39 is 0 Å². The summed E-state index contributed by atoms with van der Waals surface area (Å²) in [5.74, 6) is 0.914. The maximum Gasteiger partial charge on any atom is 0.223 e. The van der Waals surface area contributed by atoms with E-state index in [1.807, 2.05) is 49.4 Å². The second kappa shape index (κ2) is 10.0. The summed E-state index contributed by atoms with van der Waals surface area (Å²) >= 11 is 0.